The summed E-state index contributed by atoms with van der Waals surface area (Å²) in [6.45, 7) is 0. The molecule has 0 saturated heterocycles. The molecule has 0 aliphatic heterocycles. The lowest BCUT2D eigenvalue weighted by atomic mass is 10.2. The molecule has 20 heavy (non-hydrogen) atoms. The van der Waals surface area contributed by atoms with E-state index in [-0.39, 0.29) is 0 Å². The van der Waals surface area contributed by atoms with Gasteiger partial charge in [-0.1, -0.05) is 48.5 Å². The molecule has 0 amide bonds. The van der Waals surface area contributed by atoms with Gasteiger partial charge in [-0.2, -0.15) is 0 Å². The molecule has 1 heterocycles. The van der Waals surface area contributed by atoms with E-state index in [9.17, 15) is 0 Å². The second-order valence-electron chi connectivity index (χ2n) is 4.14. The van der Waals surface area contributed by atoms with Crippen LogP contribution >= 0.6 is 0 Å². The zero-order valence-electron chi connectivity index (χ0n) is 10.7. The Hall–Kier alpha value is -2.88. The molecule has 4 heteroatoms. The van der Waals surface area contributed by atoms with E-state index < -0.39 is 0 Å². The number of rotatable bonds is 3. The summed E-state index contributed by atoms with van der Waals surface area (Å²) in [6.07, 6.45) is 1.69. The Bertz CT molecular complexity index is 709. The van der Waals surface area contributed by atoms with Crippen molar-refractivity contribution in [3.63, 3.8) is 0 Å². The average molecular weight is 260 g/mol. The minimum absolute atomic E-state index is 0.544. The first-order valence-electron chi connectivity index (χ1n) is 6.27. The summed E-state index contributed by atoms with van der Waals surface area (Å²) in [5.74, 6) is 1.19. The van der Waals surface area contributed by atoms with Crippen molar-refractivity contribution in [2.75, 3.05) is 0 Å². The van der Waals surface area contributed by atoms with E-state index >= 15 is 0 Å². The van der Waals surface area contributed by atoms with Crippen LogP contribution in [0.4, 0.5) is 11.5 Å². The highest BCUT2D eigenvalue weighted by molar-refractivity contribution is 5.55. The highest BCUT2D eigenvalue weighted by Gasteiger charge is 2.01. The van der Waals surface area contributed by atoms with Gasteiger partial charge in [0, 0.05) is 17.8 Å². The molecule has 0 N–H and O–H groups in total. The van der Waals surface area contributed by atoms with Crippen molar-refractivity contribution in [2.45, 2.75) is 0 Å². The molecule has 3 rings (SSSR count). The molecule has 3 aromatic rings. The van der Waals surface area contributed by atoms with Crippen LogP contribution in [0.2, 0.25) is 0 Å². The molecule has 4 nitrogen and oxygen atoms in total. The summed E-state index contributed by atoms with van der Waals surface area (Å²) in [4.78, 5) is 8.64. The van der Waals surface area contributed by atoms with Crippen molar-refractivity contribution < 1.29 is 0 Å². The van der Waals surface area contributed by atoms with Crippen LogP contribution in [0.25, 0.3) is 11.4 Å². The maximum absolute atomic E-state index is 4.39. The summed E-state index contributed by atoms with van der Waals surface area (Å²) in [6, 6.07) is 21.1. The number of nitrogens with zero attached hydrogens (tertiary/aromatic N) is 4. The van der Waals surface area contributed by atoms with E-state index in [1.165, 1.54) is 0 Å². The van der Waals surface area contributed by atoms with Crippen LogP contribution < -0.4 is 0 Å². The van der Waals surface area contributed by atoms with Crippen LogP contribution in [0.1, 0.15) is 0 Å². The van der Waals surface area contributed by atoms with Crippen LogP contribution in [0.3, 0.4) is 0 Å². The second kappa shape index (κ2) is 5.84. The minimum Gasteiger partial charge on any atom is -0.236 e. The van der Waals surface area contributed by atoms with Crippen molar-refractivity contribution in [1.82, 2.24) is 9.97 Å². The molecule has 2 aromatic carbocycles. The fraction of sp³-hybridized carbons (Fsp3) is 0. The van der Waals surface area contributed by atoms with Gasteiger partial charge in [0.25, 0.3) is 0 Å². The smallest absolute Gasteiger partial charge is 0.178 e. The summed E-state index contributed by atoms with van der Waals surface area (Å²) in [7, 11) is 0. The molecule has 0 fully saturated rings. The predicted molar refractivity (Wildman–Crippen MR) is 78.1 cm³/mol. The van der Waals surface area contributed by atoms with Gasteiger partial charge in [-0.3, -0.25) is 0 Å². The number of aromatic nitrogens is 2. The highest BCUT2D eigenvalue weighted by atomic mass is 15.2. The Morgan fingerprint density at radius 2 is 1.40 bits per heavy atom. The average Bonchev–Trinajstić information content (AvgIpc) is 2.55. The van der Waals surface area contributed by atoms with Crippen LogP contribution in [-0.4, -0.2) is 9.97 Å². The lowest BCUT2D eigenvalue weighted by Crippen LogP contribution is -1.86. The van der Waals surface area contributed by atoms with Gasteiger partial charge in [0.15, 0.2) is 11.6 Å². The van der Waals surface area contributed by atoms with E-state index in [1.54, 1.807) is 12.3 Å². The quantitative estimate of drug-likeness (QED) is 0.648. The van der Waals surface area contributed by atoms with Gasteiger partial charge >= 0.3 is 0 Å². The fourth-order valence-electron chi connectivity index (χ4n) is 1.73. The lowest BCUT2D eigenvalue weighted by Gasteiger charge is -1.99. The largest absolute Gasteiger partial charge is 0.236 e. The van der Waals surface area contributed by atoms with Gasteiger partial charge in [-0.25, -0.2) is 9.97 Å². The van der Waals surface area contributed by atoms with E-state index in [0.29, 0.717) is 11.6 Å². The number of benzene rings is 2. The number of hydrogen-bond acceptors (Lipinski definition) is 4. The first kappa shape index (κ1) is 12.2. The SMILES string of the molecule is c1ccc(N=Nc2ccnc(-c3ccccc3)n2)cc1. The molecule has 0 radical (unpaired) electrons. The molecule has 0 spiro atoms. The Kier molecular flexibility index (Phi) is 3.55. The molecule has 1 aromatic heterocycles. The molecule has 96 valence electrons. The molecular weight excluding hydrogens is 248 g/mol. The van der Waals surface area contributed by atoms with Gasteiger partial charge in [-0.15, -0.1) is 10.2 Å². The van der Waals surface area contributed by atoms with Gasteiger partial charge in [-0.05, 0) is 12.1 Å². The zero-order chi connectivity index (χ0) is 13.6. The van der Waals surface area contributed by atoms with Gasteiger partial charge < -0.3 is 0 Å². The van der Waals surface area contributed by atoms with Crippen molar-refractivity contribution in [3.05, 3.63) is 72.9 Å². The van der Waals surface area contributed by atoms with Gasteiger partial charge in [0.1, 0.15) is 0 Å². The Labute approximate surface area is 116 Å². The topological polar surface area (TPSA) is 50.5 Å². The molecule has 0 aliphatic rings. The lowest BCUT2D eigenvalue weighted by molar-refractivity contribution is 1.11. The third-order valence-corrected chi connectivity index (χ3v) is 2.70. The normalized spacial score (nSPS) is 10.8. The summed E-state index contributed by atoms with van der Waals surface area (Å²) in [5.41, 5.74) is 1.76. The van der Waals surface area contributed by atoms with Crippen molar-refractivity contribution >= 4 is 11.5 Å². The second-order valence-corrected chi connectivity index (χ2v) is 4.14. The third kappa shape index (κ3) is 2.92. The Balaban J connectivity index is 1.87. The zero-order valence-corrected chi connectivity index (χ0v) is 10.7. The first-order valence-corrected chi connectivity index (χ1v) is 6.27. The first-order chi connectivity index (χ1) is 9.92. The Morgan fingerprint density at radius 3 is 2.15 bits per heavy atom. The van der Waals surface area contributed by atoms with E-state index in [0.717, 1.165) is 11.3 Å². The van der Waals surface area contributed by atoms with Crippen LogP contribution in [0, 0.1) is 0 Å². The van der Waals surface area contributed by atoms with Crippen molar-refractivity contribution in [3.8, 4) is 11.4 Å². The van der Waals surface area contributed by atoms with E-state index in [1.807, 2.05) is 60.7 Å². The number of hydrogen-bond donors (Lipinski definition) is 0. The molecule has 0 atom stereocenters. The Morgan fingerprint density at radius 1 is 0.700 bits per heavy atom. The van der Waals surface area contributed by atoms with Gasteiger partial charge in [0.05, 0.1) is 5.69 Å². The van der Waals surface area contributed by atoms with E-state index in [4.69, 9.17) is 0 Å². The molecule has 0 saturated carbocycles. The molecule has 0 unspecified atom stereocenters. The molecule has 0 bridgehead atoms. The fourth-order valence-corrected chi connectivity index (χ4v) is 1.73. The summed E-state index contributed by atoms with van der Waals surface area (Å²) >= 11 is 0. The van der Waals surface area contributed by atoms with Crippen LogP contribution in [-0.2, 0) is 0 Å². The minimum atomic E-state index is 0.544. The van der Waals surface area contributed by atoms with Crippen LogP contribution in [0.15, 0.2) is 83.2 Å². The molecular formula is C16H12N4. The highest BCUT2D eigenvalue weighted by Crippen LogP contribution is 2.19. The van der Waals surface area contributed by atoms with Crippen molar-refractivity contribution in [2.24, 2.45) is 10.2 Å². The standard InChI is InChI=1S/C16H12N4/c1-3-7-13(8-4-1)16-17-12-11-15(18-16)20-19-14-9-5-2-6-10-14/h1-12H. The maximum atomic E-state index is 4.39. The molecule has 0 aliphatic carbocycles. The summed E-state index contributed by atoms with van der Waals surface area (Å²) < 4.78 is 0. The monoisotopic (exact) mass is 260 g/mol. The maximum Gasteiger partial charge on any atom is 0.178 e. The number of azo groups is 1. The summed E-state index contributed by atoms with van der Waals surface area (Å²) in [5, 5.41) is 8.28. The predicted octanol–water partition coefficient (Wildman–Crippen LogP) is 4.56. The van der Waals surface area contributed by atoms with Gasteiger partial charge in [0.2, 0.25) is 0 Å². The third-order valence-electron chi connectivity index (χ3n) is 2.70. The van der Waals surface area contributed by atoms with E-state index in [2.05, 4.69) is 20.2 Å². The van der Waals surface area contributed by atoms with Crippen molar-refractivity contribution in [1.29, 1.82) is 0 Å². The van der Waals surface area contributed by atoms with Crippen LogP contribution in [0.5, 0.6) is 0 Å².